The molecule has 0 aliphatic carbocycles. The summed E-state index contributed by atoms with van der Waals surface area (Å²) >= 11 is 5.78. The first-order valence-electron chi connectivity index (χ1n) is 11.7. The molecule has 2 amide bonds. The molecule has 0 bridgehead atoms. The molecule has 0 radical (unpaired) electrons. The third kappa shape index (κ3) is 4.24. The van der Waals surface area contributed by atoms with Gasteiger partial charge in [0.25, 0.3) is 0 Å². The zero-order valence-electron chi connectivity index (χ0n) is 19.6. The van der Waals surface area contributed by atoms with E-state index in [1.165, 1.54) is 16.7 Å². The van der Waals surface area contributed by atoms with Gasteiger partial charge in [-0.1, -0.05) is 81.5 Å². The molecule has 0 unspecified atom stereocenters. The number of rotatable bonds is 5. The third-order valence-corrected chi connectivity index (χ3v) is 9.74. The zero-order valence-corrected chi connectivity index (χ0v) is 22.9. The number of carbonyl (C=O) groups excluding carboxylic acids is 2. The van der Waals surface area contributed by atoms with Gasteiger partial charge in [-0.3, -0.25) is 14.4 Å². The Bertz CT molecular complexity index is 1580. The molecule has 186 valence electrons. The van der Waals surface area contributed by atoms with Crippen LogP contribution in [0.3, 0.4) is 0 Å². The normalized spacial score (nSPS) is 20.6. The number of imide groups is 1. The quantitative estimate of drug-likeness (QED) is 0.293. The molecule has 6 nitrogen and oxygen atoms in total. The summed E-state index contributed by atoms with van der Waals surface area (Å²) in [5.41, 5.74) is 3.52. The van der Waals surface area contributed by atoms with Crippen molar-refractivity contribution in [1.29, 1.82) is 0 Å². The number of carbonyl (C=O) groups is 2. The van der Waals surface area contributed by atoms with Crippen LogP contribution in [-0.2, 0) is 16.2 Å². The maximum Gasteiger partial charge on any atom is 0.305 e. The Labute approximate surface area is 229 Å². The lowest BCUT2D eigenvalue weighted by atomic mass is 9.82. The number of thiazole rings is 1. The Morgan fingerprint density at radius 3 is 2.46 bits per heavy atom. The van der Waals surface area contributed by atoms with Gasteiger partial charge in [0.15, 0.2) is 0 Å². The number of fused-ring (bicyclic) bond motifs is 2. The van der Waals surface area contributed by atoms with Crippen LogP contribution in [0.25, 0.3) is 0 Å². The number of benzene rings is 3. The monoisotopic (exact) mass is 592 g/mol. The van der Waals surface area contributed by atoms with Crippen molar-refractivity contribution in [3.8, 4) is 5.75 Å². The van der Waals surface area contributed by atoms with E-state index < -0.39 is 17.1 Å². The highest BCUT2D eigenvalue weighted by Crippen LogP contribution is 2.54. The van der Waals surface area contributed by atoms with Crippen LogP contribution in [0.1, 0.15) is 27.5 Å². The molecule has 3 atom stereocenters. The predicted octanol–water partition coefficient (Wildman–Crippen LogP) is 5.88. The summed E-state index contributed by atoms with van der Waals surface area (Å²) in [7, 11) is 0. The van der Waals surface area contributed by atoms with Crippen LogP contribution in [0, 0.1) is 12.8 Å². The molecule has 1 N–H and O–H groups in total. The van der Waals surface area contributed by atoms with Gasteiger partial charge in [0, 0.05) is 20.8 Å². The summed E-state index contributed by atoms with van der Waals surface area (Å²) < 4.78 is 7.17. The van der Waals surface area contributed by atoms with Crippen molar-refractivity contribution in [2.75, 3.05) is 4.90 Å². The van der Waals surface area contributed by atoms with Crippen molar-refractivity contribution in [1.82, 2.24) is 4.98 Å². The number of nitrogens with zero attached hydrogens (tertiary/aromatic N) is 1. The Kier molecular flexibility index (Phi) is 6.30. The maximum atomic E-state index is 13.9. The fraction of sp³-hybridized carbons (Fsp3) is 0.179. The number of ether oxygens (including phenoxy) is 1. The number of H-pyrrole nitrogens is 1. The van der Waals surface area contributed by atoms with Crippen LogP contribution in [-0.4, -0.2) is 22.0 Å². The highest BCUT2D eigenvalue weighted by atomic mass is 79.9. The highest BCUT2D eigenvalue weighted by molar-refractivity contribution is 9.10. The lowest BCUT2D eigenvalue weighted by Gasteiger charge is -2.30. The molecule has 4 aromatic rings. The molecule has 6 rings (SSSR count). The number of nitrogens with one attached hydrogen (secondary N) is 1. The Balaban J connectivity index is 1.43. The van der Waals surface area contributed by atoms with E-state index in [1.54, 1.807) is 12.1 Å². The summed E-state index contributed by atoms with van der Waals surface area (Å²) in [6.07, 6.45) is 0. The second-order valence-corrected chi connectivity index (χ2v) is 12.1. The predicted molar refractivity (Wildman–Crippen MR) is 149 cm³/mol. The van der Waals surface area contributed by atoms with Crippen molar-refractivity contribution in [3.63, 3.8) is 0 Å². The molecule has 1 fully saturated rings. The molecule has 0 spiro atoms. The van der Waals surface area contributed by atoms with Gasteiger partial charge in [-0.2, -0.15) is 0 Å². The minimum absolute atomic E-state index is 0.203. The number of aromatic nitrogens is 1. The van der Waals surface area contributed by atoms with Gasteiger partial charge < -0.3 is 9.72 Å². The average molecular weight is 594 g/mol. The number of halogens is 1. The van der Waals surface area contributed by atoms with Gasteiger partial charge in [0.2, 0.25) is 11.8 Å². The number of thioether (sulfide) groups is 1. The number of aryl methyl sites for hydroxylation is 1. The van der Waals surface area contributed by atoms with Crippen LogP contribution in [0.5, 0.6) is 5.75 Å². The minimum atomic E-state index is -0.664. The number of para-hydroxylation sites is 1. The fourth-order valence-corrected chi connectivity index (χ4v) is 7.76. The molecule has 2 aliphatic heterocycles. The van der Waals surface area contributed by atoms with E-state index in [0.717, 1.165) is 37.4 Å². The average Bonchev–Trinajstić information content (AvgIpc) is 3.39. The summed E-state index contributed by atoms with van der Waals surface area (Å²) in [6.45, 7) is 2.41. The highest BCUT2D eigenvalue weighted by Gasteiger charge is 2.56. The number of hydrogen-bond donors (Lipinski definition) is 1. The number of anilines is 1. The second-order valence-electron chi connectivity index (χ2n) is 8.99. The molecule has 37 heavy (non-hydrogen) atoms. The Morgan fingerprint density at radius 1 is 0.946 bits per heavy atom. The molecule has 0 saturated carbocycles. The van der Waals surface area contributed by atoms with Gasteiger partial charge in [-0.25, -0.2) is 4.90 Å². The standard InChI is InChI=1S/C28H21BrN2O4S2/c1-15-6-2-3-7-16(15)14-35-20-9-5-4-8-19(20)21-22-24(36-25-23(21)37-28(34)30-25)27(33)31(26(22)32)18-12-10-17(29)11-13-18/h2-13,21-22,24H,14H2,1H3,(H,30,34)/t21-,22-,24+/m0/s1. The Morgan fingerprint density at radius 2 is 1.68 bits per heavy atom. The largest absolute Gasteiger partial charge is 0.489 e. The molecule has 9 heteroatoms. The lowest BCUT2D eigenvalue weighted by molar-refractivity contribution is -0.122. The van der Waals surface area contributed by atoms with E-state index in [9.17, 15) is 14.4 Å². The summed E-state index contributed by atoms with van der Waals surface area (Å²) in [4.78, 5) is 44.7. The molecular weight excluding hydrogens is 572 g/mol. The fourth-order valence-electron chi connectivity index (χ4n) is 4.99. The van der Waals surface area contributed by atoms with Crippen molar-refractivity contribution in [2.45, 2.75) is 29.7 Å². The second kappa shape index (κ2) is 9.63. The van der Waals surface area contributed by atoms with Crippen molar-refractivity contribution < 1.29 is 14.3 Å². The van der Waals surface area contributed by atoms with E-state index in [0.29, 0.717) is 23.1 Å². The minimum Gasteiger partial charge on any atom is -0.489 e. The molecule has 2 aliphatic rings. The smallest absolute Gasteiger partial charge is 0.305 e. The molecule has 3 heterocycles. The SMILES string of the molecule is Cc1ccccc1COc1ccccc1[C@@H]1c2sc(=O)[nH]c2S[C@H]2C(=O)N(c3ccc(Br)cc3)C(=O)[C@@H]12. The van der Waals surface area contributed by atoms with E-state index in [1.807, 2.05) is 67.6 Å². The summed E-state index contributed by atoms with van der Waals surface area (Å²) in [6, 6.07) is 22.8. The lowest BCUT2D eigenvalue weighted by Crippen LogP contribution is -2.32. The van der Waals surface area contributed by atoms with E-state index in [4.69, 9.17) is 4.74 Å². The molecule has 1 saturated heterocycles. The van der Waals surface area contributed by atoms with Crippen molar-refractivity contribution in [2.24, 2.45) is 5.92 Å². The van der Waals surface area contributed by atoms with Crippen LogP contribution >= 0.6 is 39.0 Å². The van der Waals surface area contributed by atoms with Crippen molar-refractivity contribution in [3.05, 3.63) is 109 Å². The van der Waals surface area contributed by atoms with Gasteiger partial charge in [-0.15, -0.1) is 0 Å². The van der Waals surface area contributed by atoms with Crippen LogP contribution in [0.4, 0.5) is 5.69 Å². The molecule has 1 aromatic heterocycles. The Hall–Kier alpha value is -3.14. The first kappa shape index (κ1) is 24.2. The third-order valence-electron chi connectivity index (χ3n) is 6.81. The van der Waals surface area contributed by atoms with Crippen LogP contribution < -0.4 is 14.5 Å². The number of amides is 2. The van der Waals surface area contributed by atoms with Gasteiger partial charge in [-0.05, 0) is 48.4 Å². The van der Waals surface area contributed by atoms with E-state index in [-0.39, 0.29) is 16.7 Å². The first-order valence-corrected chi connectivity index (χ1v) is 14.2. The van der Waals surface area contributed by atoms with E-state index in [2.05, 4.69) is 20.9 Å². The van der Waals surface area contributed by atoms with Crippen LogP contribution in [0.2, 0.25) is 0 Å². The maximum absolute atomic E-state index is 13.9. The summed E-state index contributed by atoms with van der Waals surface area (Å²) in [5.74, 6) is -1.06. The topological polar surface area (TPSA) is 79.5 Å². The zero-order chi connectivity index (χ0) is 25.7. The van der Waals surface area contributed by atoms with Crippen LogP contribution in [0.15, 0.2) is 87.1 Å². The number of hydrogen-bond acceptors (Lipinski definition) is 6. The van der Waals surface area contributed by atoms with E-state index >= 15 is 0 Å². The summed E-state index contributed by atoms with van der Waals surface area (Å²) in [5, 5.41) is -0.00270. The van der Waals surface area contributed by atoms with Gasteiger partial charge in [0.1, 0.15) is 17.6 Å². The van der Waals surface area contributed by atoms with Gasteiger partial charge >= 0.3 is 4.87 Å². The first-order chi connectivity index (χ1) is 17.9. The van der Waals surface area contributed by atoms with Gasteiger partial charge in [0.05, 0.1) is 16.6 Å². The number of aromatic amines is 1. The molecular formula is C28H21BrN2O4S2. The van der Waals surface area contributed by atoms with Crippen molar-refractivity contribution >= 4 is 56.5 Å². The molecule has 3 aromatic carbocycles.